The van der Waals surface area contributed by atoms with Gasteiger partial charge >= 0.3 is 6.18 Å². The summed E-state index contributed by atoms with van der Waals surface area (Å²) >= 11 is 0. The van der Waals surface area contributed by atoms with Gasteiger partial charge in [0.2, 0.25) is 11.9 Å². The Kier molecular flexibility index (Phi) is 7.45. The minimum atomic E-state index is -4.64. The summed E-state index contributed by atoms with van der Waals surface area (Å²) in [4.78, 5) is 15.5. The fourth-order valence-electron chi connectivity index (χ4n) is 2.31. The van der Waals surface area contributed by atoms with Crippen LogP contribution in [0.1, 0.15) is 20.8 Å². The Bertz CT molecular complexity index is 996. The van der Waals surface area contributed by atoms with Gasteiger partial charge in [-0.15, -0.1) is 0 Å². The molecule has 0 amide bonds. The van der Waals surface area contributed by atoms with Crippen LogP contribution in [0.3, 0.4) is 0 Å². The average molecular weight is 438 g/mol. The van der Waals surface area contributed by atoms with Crippen molar-refractivity contribution in [1.29, 1.82) is 0 Å². The van der Waals surface area contributed by atoms with Crippen molar-refractivity contribution >= 4 is 18.6 Å². The van der Waals surface area contributed by atoms with Crippen LogP contribution < -0.4 is 10.6 Å². The molecule has 0 bridgehead atoms. The Labute approximate surface area is 176 Å². The third-order valence-electron chi connectivity index (χ3n) is 3.67. The third kappa shape index (κ3) is 7.45. The molecule has 0 saturated heterocycles. The molecule has 0 fully saturated rings. The van der Waals surface area contributed by atoms with Crippen LogP contribution >= 0.6 is 0 Å². The number of allylic oxidation sites excluding steroid dienone is 3. The van der Waals surface area contributed by atoms with Crippen molar-refractivity contribution in [1.82, 2.24) is 15.0 Å². The zero-order valence-corrected chi connectivity index (χ0v) is 17.1. The van der Waals surface area contributed by atoms with Crippen molar-refractivity contribution in [2.75, 3.05) is 17.2 Å². The summed E-state index contributed by atoms with van der Waals surface area (Å²) in [7, 11) is 0. The van der Waals surface area contributed by atoms with E-state index in [-0.39, 0.29) is 35.5 Å². The molecule has 7 nitrogen and oxygen atoms in total. The molecular weight excluding hydrogens is 416 g/mol. The Hall–Kier alpha value is -3.34. The number of hydrogen-bond acceptors (Lipinski definition) is 7. The fraction of sp³-hybridized carbons (Fsp3) is 0.300. The Morgan fingerprint density at radius 2 is 1.81 bits per heavy atom. The van der Waals surface area contributed by atoms with Crippen LogP contribution in [0, 0.1) is 5.82 Å². The molecule has 0 spiro atoms. The molecule has 0 atom stereocenters. The molecule has 1 aromatic carbocycles. The lowest BCUT2D eigenvalue weighted by Gasteiger charge is -2.18. The zero-order chi connectivity index (χ0) is 23.2. The van der Waals surface area contributed by atoms with Gasteiger partial charge in [-0.2, -0.15) is 28.1 Å². The number of benzene rings is 1. The summed E-state index contributed by atoms with van der Waals surface area (Å²) in [6.45, 7) is 7.59. The summed E-state index contributed by atoms with van der Waals surface area (Å²) in [5, 5.41) is 15.4. The van der Waals surface area contributed by atoms with Crippen molar-refractivity contribution in [3.63, 3.8) is 0 Å². The highest BCUT2D eigenvalue weighted by molar-refractivity contribution is 5.59. The van der Waals surface area contributed by atoms with E-state index in [1.807, 2.05) is 0 Å². The first-order valence-electron chi connectivity index (χ1n) is 9.05. The Morgan fingerprint density at radius 1 is 1.16 bits per heavy atom. The highest BCUT2D eigenvalue weighted by Gasteiger charge is 2.32. The summed E-state index contributed by atoms with van der Waals surface area (Å²) in [6.07, 6.45) is -3.24. The molecule has 11 heteroatoms. The van der Waals surface area contributed by atoms with Gasteiger partial charge in [0.15, 0.2) is 5.82 Å². The molecule has 31 heavy (non-hydrogen) atoms. The van der Waals surface area contributed by atoms with Gasteiger partial charge in [-0.3, -0.25) is 4.99 Å². The summed E-state index contributed by atoms with van der Waals surface area (Å²) in [5.74, 6) is -0.737. The maximum atomic E-state index is 14.2. The van der Waals surface area contributed by atoms with E-state index < -0.39 is 23.2 Å². The first-order chi connectivity index (χ1) is 14.4. The molecule has 0 aliphatic heterocycles. The van der Waals surface area contributed by atoms with Crippen LogP contribution in [0.4, 0.5) is 29.5 Å². The van der Waals surface area contributed by atoms with Gasteiger partial charge in [0.25, 0.3) is 0 Å². The van der Waals surface area contributed by atoms with Gasteiger partial charge in [-0.05, 0) is 45.7 Å². The topological polar surface area (TPSA) is 95.3 Å². The minimum Gasteiger partial charge on any atom is -0.389 e. The standard InChI is InChI=1S/C20H22F4N6O/c1-12(9-13(10-25-4)20(22,23)24)27-18-29-16(14-7-5-6-8-15(14)21)28-17(30-18)26-11-19(2,3)31/h5-10,31H,4,11H2,1-3H3,(H2,26,27,28,29,30)/b12-9+,13-10+. The van der Waals surface area contributed by atoms with E-state index in [0.717, 1.165) is 6.08 Å². The molecular formula is C20H22F4N6O. The van der Waals surface area contributed by atoms with Crippen molar-refractivity contribution in [2.45, 2.75) is 32.5 Å². The molecule has 0 unspecified atom stereocenters. The molecule has 0 saturated carbocycles. The van der Waals surface area contributed by atoms with Crippen molar-refractivity contribution < 1.29 is 22.7 Å². The molecule has 2 aromatic rings. The predicted molar refractivity (Wildman–Crippen MR) is 111 cm³/mol. The van der Waals surface area contributed by atoms with Crippen LogP contribution in [-0.2, 0) is 0 Å². The summed E-state index contributed by atoms with van der Waals surface area (Å²) in [6, 6.07) is 5.77. The number of rotatable bonds is 8. The molecule has 1 aromatic heterocycles. The van der Waals surface area contributed by atoms with Crippen LogP contribution in [0.15, 0.2) is 52.8 Å². The van der Waals surface area contributed by atoms with E-state index in [0.29, 0.717) is 6.20 Å². The van der Waals surface area contributed by atoms with Gasteiger partial charge in [0, 0.05) is 18.4 Å². The predicted octanol–water partition coefficient (Wildman–Crippen LogP) is 4.32. The highest BCUT2D eigenvalue weighted by atomic mass is 19.4. The maximum absolute atomic E-state index is 14.2. The van der Waals surface area contributed by atoms with Crippen molar-refractivity contribution in [3.05, 3.63) is 53.6 Å². The summed E-state index contributed by atoms with van der Waals surface area (Å²) < 4.78 is 53.4. The summed E-state index contributed by atoms with van der Waals surface area (Å²) in [5.41, 5.74) is -2.01. The highest BCUT2D eigenvalue weighted by Crippen LogP contribution is 2.28. The maximum Gasteiger partial charge on any atom is 0.417 e. The number of hydrogen-bond donors (Lipinski definition) is 3. The first kappa shape index (κ1) is 23.9. The molecule has 0 radical (unpaired) electrons. The lowest BCUT2D eigenvalue weighted by molar-refractivity contribution is -0.0884. The minimum absolute atomic E-state index is 0.00465. The molecule has 1 heterocycles. The molecule has 166 valence electrons. The molecule has 2 rings (SSSR count). The van der Waals surface area contributed by atoms with E-state index in [9.17, 15) is 22.7 Å². The lowest BCUT2D eigenvalue weighted by Crippen LogP contribution is -2.30. The fourth-order valence-corrected chi connectivity index (χ4v) is 2.31. The van der Waals surface area contributed by atoms with Gasteiger partial charge in [0.1, 0.15) is 5.82 Å². The number of halogens is 4. The number of nitrogens with one attached hydrogen (secondary N) is 2. The number of aromatic nitrogens is 3. The third-order valence-corrected chi connectivity index (χ3v) is 3.67. The SMILES string of the molecule is C=N/C=C(\C=C(/C)Nc1nc(NCC(C)(C)O)nc(-c2ccccc2F)n1)C(F)(F)F. The van der Waals surface area contributed by atoms with Crippen LogP contribution in [0.5, 0.6) is 0 Å². The monoisotopic (exact) mass is 438 g/mol. The lowest BCUT2D eigenvalue weighted by atomic mass is 10.1. The number of alkyl halides is 3. The largest absolute Gasteiger partial charge is 0.417 e. The van der Waals surface area contributed by atoms with E-state index in [1.165, 1.54) is 25.1 Å². The van der Waals surface area contributed by atoms with Gasteiger partial charge in [-0.1, -0.05) is 12.1 Å². The van der Waals surface area contributed by atoms with E-state index >= 15 is 0 Å². The van der Waals surface area contributed by atoms with Gasteiger partial charge in [-0.25, -0.2) is 4.39 Å². The second-order valence-electron chi connectivity index (χ2n) is 7.17. The van der Waals surface area contributed by atoms with Crippen LogP contribution in [0.25, 0.3) is 11.4 Å². The Morgan fingerprint density at radius 3 is 2.39 bits per heavy atom. The quantitative estimate of drug-likeness (QED) is 0.323. The van der Waals surface area contributed by atoms with Gasteiger partial charge in [0.05, 0.1) is 16.7 Å². The van der Waals surface area contributed by atoms with E-state index in [2.05, 4.69) is 37.3 Å². The van der Waals surface area contributed by atoms with E-state index in [1.54, 1.807) is 19.9 Å². The first-order valence-corrected chi connectivity index (χ1v) is 9.05. The number of aliphatic hydroxyl groups is 1. The second-order valence-corrected chi connectivity index (χ2v) is 7.17. The molecule has 0 aliphatic rings. The molecule has 3 N–H and O–H groups in total. The van der Waals surface area contributed by atoms with E-state index in [4.69, 9.17) is 0 Å². The van der Waals surface area contributed by atoms with Crippen LogP contribution in [0.2, 0.25) is 0 Å². The second kappa shape index (κ2) is 9.65. The Balaban J connectivity index is 2.44. The van der Waals surface area contributed by atoms with Crippen molar-refractivity contribution in [3.8, 4) is 11.4 Å². The van der Waals surface area contributed by atoms with Crippen molar-refractivity contribution in [2.24, 2.45) is 4.99 Å². The average Bonchev–Trinajstić information content (AvgIpc) is 2.65. The smallest absolute Gasteiger partial charge is 0.389 e. The normalized spacial score (nSPS) is 13.2. The zero-order valence-electron chi connectivity index (χ0n) is 17.1. The number of aliphatic imine (C=N–C) groups is 1. The number of nitrogens with zero attached hydrogens (tertiary/aromatic N) is 4. The van der Waals surface area contributed by atoms with Gasteiger partial charge < -0.3 is 15.7 Å². The molecule has 0 aliphatic carbocycles. The number of anilines is 2. The van der Waals surface area contributed by atoms with Crippen LogP contribution in [-0.4, -0.2) is 45.1 Å².